The highest BCUT2D eigenvalue weighted by molar-refractivity contribution is 9.10. The molecule has 0 unspecified atom stereocenters. The zero-order valence-electron chi connectivity index (χ0n) is 10.0. The molecule has 0 fully saturated rings. The highest BCUT2D eigenvalue weighted by Crippen LogP contribution is 2.32. The molecular weight excluding hydrogens is 386 g/mol. The van der Waals surface area contributed by atoms with E-state index in [9.17, 15) is 0 Å². The fraction of sp³-hybridized carbons (Fsp3) is 0.0833. The summed E-state index contributed by atoms with van der Waals surface area (Å²) in [5, 5.41) is 9.71. The standard InChI is InChI=1S/C12H6BrCl3N4/c1-5-17-10(16)9(13)12-19-18-11(20(5)12)7-3-2-6(14)4-8(7)15/h2-4H,1H3. The first-order valence-corrected chi connectivity index (χ1v) is 7.44. The van der Waals surface area contributed by atoms with Crippen molar-refractivity contribution < 1.29 is 0 Å². The van der Waals surface area contributed by atoms with Crippen LogP contribution in [0.1, 0.15) is 5.82 Å². The maximum atomic E-state index is 6.22. The number of halogens is 4. The first-order valence-electron chi connectivity index (χ1n) is 5.51. The minimum Gasteiger partial charge on any atom is -0.262 e. The van der Waals surface area contributed by atoms with Crippen LogP contribution in [-0.2, 0) is 0 Å². The Morgan fingerprint density at radius 1 is 1.15 bits per heavy atom. The van der Waals surface area contributed by atoms with Gasteiger partial charge >= 0.3 is 0 Å². The van der Waals surface area contributed by atoms with Gasteiger partial charge in [0.2, 0.25) is 0 Å². The summed E-state index contributed by atoms with van der Waals surface area (Å²) in [7, 11) is 0. The lowest BCUT2D eigenvalue weighted by molar-refractivity contribution is 0.983. The Kier molecular flexibility index (Phi) is 3.62. The largest absolute Gasteiger partial charge is 0.262 e. The predicted molar refractivity (Wildman–Crippen MR) is 83.7 cm³/mol. The van der Waals surface area contributed by atoms with Gasteiger partial charge in [0.15, 0.2) is 11.5 Å². The first-order chi connectivity index (χ1) is 9.49. The normalized spacial score (nSPS) is 11.2. The molecule has 8 heteroatoms. The molecule has 102 valence electrons. The molecule has 0 aliphatic heterocycles. The molecule has 4 nitrogen and oxygen atoms in total. The van der Waals surface area contributed by atoms with E-state index in [0.29, 0.717) is 37.0 Å². The molecule has 1 aromatic carbocycles. The molecule has 0 atom stereocenters. The van der Waals surface area contributed by atoms with Gasteiger partial charge in [0.05, 0.1) is 5.02 Å². The van der Waals surface area contributed by atoms with Crippen molar-refractivity contribution in [1.82, 2.24) is 19.6 Å². The lowest BCUT2D eigenvalue weighted by Gasteiger charge is -2.07. The average molecular weight is 392 g/mol. The number of fused-ring (bicyclic) bond motifs is 1. The topological polar surface area (TPSA) is 43.1 Å². The third kappa shape index (κ3) is 2.19. The number of aromatic nitrogens is 4. The summed E-state index contributed by atoms with van der Waals surface area (Å²) in [6.07, 6.45) is 0. The highest BCUT2D eigenvalue weighted by atomic mass is 79.9. The van der Waals surface area contributed by atoms with Crippen molar-refractivity contribution >= 4 is 56.4 Å². The number of rotatable bonds is 1. The molecule has 3 aromatic rings. The highest BCUT2D eigenvalue weighted by Gasteiger charge is 2.17. The van der Waals surface area contributed by atoms with Gasteiger partial charge in [0, 0.05) is 10.6 Å². The summed E-state index contributed by atoms with van der Waals surface area (Å²) in [4.78, 5) is 4.24. The van der Waals surface area contributed by atoms with Gasteiger partial charge in [-0.2, -0.15) is 0 Å². The van der Waals surface area contributed by atoms with Crippen LogP contribution in [0.2, 0.25) is 15.2 Å². The van der Waals surface area contributed by atoms with E-state index in [4.69, 9.17) is 34.8 Å². The van der Waals surface area contributed by atoms with Crippen LogP contribution < -0.4 is 0 Å². The molecule has 0 amide bonds. The van der Waals surface area contributed by atoms with Crippen LogP contribution in [-0.4, -0.2) is 19.6 Å². The second kappa shape index (κ2) is 5.15. The number of nitrogens with zero attached hydrogens (tertiary/aromatic N) is 4. The number of aryl methyl sites for hydroxylation is 1. The van der Waals surface area contributed by atoms with E-state index in [-0.39, 0.29) is 0 Å². The van der Waals surface area contributed by atoms with Crippen LogP contribution >= 0.6 is 50.7 Å². The molecule has 0 radical (unpaired) electrons. The SMILES string of the molecule is Cc1nc(Cl)c(Br)c2nnc(-c3ccc(Cl)cc3Cl)n12. The van der Waals surface area contributed by atoms with Crippen molar-refractivity contribution in [3.8, 4) is 11.4 Å². The maximum Gasteiger partial charge on any atom is 0.180 e. The van der Waals surface area contributed by atoms with E-state index in [1.165, 1.54) is 0 Å². The fourth-order valence-corrected chi connectivity index (χ4v) is 2.96. The van der Waals surface area contributed by atoms with Gasteiger partial charge in [-0.3, -0.25) is 4.40 Å². The molecule has 0 bridgehead atoms. The van der Waals surface area contributed by atoms with Crippen LogP contribution in [0.25, 0.3) is 17.0 Å². The number of benzene rings is 1. The Balaban J connectivity index is 2.36. The minimum atomic E-state index is 0.344. The lowest BCUT2D eigenvalue weighted by Crippen LogP contribution is -1.99. The summed E-state index contributed by atoms with van der Waals surface area (Å²) in [6.45, 7) is 1.82. The first kappa shape index (κ1) is 14.1. The summed E-state index contributed by atoms with van der Waals surface area (Å²) in [5.41, 5.74) is 1.31. The van der Waals surface area contributed by atoms with Crippen molar-refractivity contribution in [2.75, 3.05) is 0 Å². The van der Waals surface area contributed by atoms with E-state index in [2.05, 4.69) is 31.1 Å². The predicted octanol–water partition coefficient (Wildman–Crippen LogP) is 4.82. The molecule has 3 rings (SSSR count). The Bertz CT molecular complexity index is 831. The van der Waals surface area contributed by atoms with Gasteiger partial charge in [-0.15, -0.1) is 10.2 Å². The van der Waals surface area contributed by atoms with Crippen molar-refractivity contribution in [3.05, 3.63) is 43.7 Å². The van der Waals surface area contributed by atoms with Crippen LogP contribution in [0, 0.1) is 6.92 Å². The van der Waals surface area contributed by atoms with Gasteiger partial charge in [-0.1, -0.05) is 34.8 Å². The van der Waals surface area contributed by atoms with Crippen LogP contribution in [0.15, 0.2) is 22.7 Å². The Morgan fingerprint density at radius 3 is 2.60 bits per heavy atom. The maximum absolute atomic E-state index is 6.22. The average Bonchev–Trinajstić information content (AvgIpc) is 2.81. The van der Waals surface area contributed by atoms with Crippen LogP contribution in [0.4, 0.5) is 0 Å². The van der Waals surface area contributed by atoms with Crippen LogP contribution in [0.5, 0.6) is 0 Å². The second-order valence-electron chi connectivity index (χ2n) is 4.07. The van der Waals surface area contributed by atoms with E-state index in [1.54, 1.807) is 22.6 Å². The summed E-state index contributed by atoms with van der Waals surface area (Å²) >= 11 is 21.5. The molecule has 2 aromatic heterocycles. The Morgan fingerprint density at radius 2 is 1.90 bits per heavy atom. The summed E-state index contributed by atoms with van der Waals surface area (Å²) < 4.78 is 2.37. The van der Waals surface area contributed by atoms with Crippen molar-refractivity contribution in [2.24, 2.45) is 0 Å². The summed E-state index contributed by atoms with van der Waals surface area (Å²) in [5.74, 6) is 1.25. The van der Waals surface area contributed by atoms with Gasteiger partial charge in [0.1, 0.15) is 15.5 Å². The summed E-state index contributed by atoms with van der Waals surface area (Å²) in [6, 6.07) is 5.20. The third-order valence-electron chi connectivity index (χ3n) is 2.80. The van der Waals surface area contributed by atoms with E-state index >= 15 is 0 Å². The molecule has 0 N–H and O–H groups in total. The quantitative estimate of drug-likeness (QED) is 0.558. The number of hydrogen-bond acceptors (Lipinski definition) is 3. The minimum absolute atomic E-state index is 0.344. The van der Waals surface area contributed by atoms with Gasteiger partial charge in [0.25, 0.3) is 0 Å². The molecule has 0 aliphatic rings. The zero-order valence-corrected chi connectivity index (χ0v) is 13.9. The molecule has 0 saturated heterocycles. The van der Waals surface area contributed by atoms with E-state index < -0.39 is 0 Å². The van der Waals surface area contributed by atoms with Gasteiger partial charge in [-0.05, 0) is 41.1 Å². The number of hydrogen-bond donors (Lipinski definition) is 0. The van der Waals surface area contributed by atoms with Crippen molar-refractivity contribution in [1.29, 1.82) is 0 Å². The molecule has 2 heterocycles. The Hall–Kier alpha value is -0.880. The Labute approximate surface area is 137 Å². The van der Waals surface area contributed by atoms with Gasteiger partial charge in [-0.25, -0.2) is 4.98 Å². The van der Waals surface area contributed by atoms with Crippen LogP contribution in [0.3, 0.4) is 0 Å². The lowest BCUT2D eigenvalue weighted by atomic mass is 10.2. The van der Waals surface area contributed by atoms with Crippen molar-refractivity contribution in [2.45, 2.75) is 6.92 Å². The smallest absolute Gasteiger partial charge is 0.180 e. The molecular formula is C12H6BrCl3N4. The third-order valence-corrected chi connectivity index (χ3v) is 4.58. The fourth-order valence-electron chi connectivity index (χ4n) is 1.91. The molecule has 0 saturated carbocycles. The molecule has 0 spiro atoms. The second-order valence-corrected chi connectivity index (χ2v) is 6.07. The van der Waals surface area contributed by atoms with E-state index in [1.807, 2.05) is 6.92 Å². The van der Waals surface area contributed by atoms with Crippen molar-refractivity contribution in [3.63, 3.8) is 0 Å². The van der Waals surface area contributed by atoms with Gasteiger partial charge < -0.3 is 0 Å². The zero-order chi connectivity index (χ0) is 14.4. The molecule has 20 heavy (non-hydrogen) atoms. The molecule has 0 aliphatic carbocycles. The monoisotopic (exact) mass is 390 g/mol. The van der Waals surface area contributed by atoms with E-state index in [0.717, 1.165) is 5.56 Å².